The van der Waals surface area contributed by atoms with E-state index in [0.29, 0.717) is 47.2 Å². The molecule has 0 aliphatic rings. The highest BCUT2D eigenvalue weighted by molar-refractivity contribution is 9.10. The second kappa shape index (κ2) is 10.6. The van der Waals surface area contributed by atoms with Crippen molar-refractivity contribution in [2.75, 3.05) is 23.8 Å². The first-order valence-electron chi connectivity index (χ1n) is 9.88. The molecule has 31 heavy (non-hydrogen) atoms. The lowest BCUT2D eigenvalue weighted by atomic mass is 10.1. The van der Waals surface area contributed by atoms with Gasteiger partial charge in [0.25, 0.3) is 11.8 Å². The van der Waals surface area contributed by atoms with Gasteiger partial charge in [-0.05, 0) is 50.2 Å². The van der Waals surface area contributed by atoms with Crippen LogP contribution in [-0.4, -0.2) is 25.0 Å². The van der Waals surface area contributed by atoms with Gasteiger partial charge in [0.2, 0.25) is 0 Å². The fourth-order valence-electron chi connectivity index (χ4n) is 2.88. The molecule has 0 aliphatic carbocycles. The van der Waals surface area contributed by atoms with E-state index < -0.39 is 0 Å². The number of hydrogen-bond acceptors (Lipinski definition) is 4. The van der Waals surface area contributed by atoms with E-state index in [-0.39, 0.29) is 11.8 Å². The third-order valence-corrected chi connectivity index (χ3v) is 4.85. The molecule has 6 nitrogen and oxygen atoms in total. The molecule has 160 valence electrons. The zero-order valence-corrected chi connectivity index (χ0v) is 18.9. The zero-order valence-electron chi connectivity index (χ0n) is 17.3. The summed E-state index contributed by atoms with van der Waals surface area (Å²) in [4.78, 5) is 25.3. The third kappa shape index (κ3) is 5.86. The number of anilines is 2. The number of carbonyl (C=O) groups is 2. The summed E-state index contributed by atoms with van der Waals surface area (Å²) in [6, 6.07) is 19.2. The summed E-state index contributed by atoms with van der Waals surface area (Å²) >= 11 is 3.36. The molecular weight excluding hydrogens is 460 g/mol. The van der Waals surface area contributed by atoms with E-state index in [9.17, 15) is 9.59 Å². The van der Waals surface area contributed by atoms with Gasteiger partial charge in [-0.15, -0.1) is 0 Å². The van der Waals surface area contributed by atoms with Crippen molar-refractivity contribution in [2.24, 2.45) is 0 Å². The lowest BCUT2D eigenvalue weighted by molar-refractivity contribution is 0.101. The summed E-state index contributed by atoms with van der Waals surface area (Å²) in [6.07, 6.45) is 0. The van der Waals surface area contributed by atoms with Crippen molar-refractivity contribution in [3.63, 3.8) is 0 Å². The van der Waals surface area contributed by atoms with Crippen molar-refractivity contribution in [3.8, 4) is 11.5 Å². The number of ether oxygens (including phenoxy) is 2. The van der Waals surface area contributed by atoms with Crippen LogP contribution in [0.15, 0.2) is 71.2 Å². The zero-order chi connectivity index (χ0) is 22.2. The first kappa shape index (κ1) is 22.4. The molecule has 2 N–H and O–H groups in total. The summed E-state index contributed by atoms with van der Waals surface area (Å²) in [6.45, 7) is 4.47. The Hall–Kier alpha value is -3.32. The minimum Gasteiger partial charge on any atom is -0.492 e. The van der Waals surface area contributed by atoms with E-state index in [2.05, 4.69) is 26.6 Å². The number of nitrogens with one attached hydrogen (secondary N) is 2. The van der Waals surface area contributed by atoms with Gasteiger partial charge in [-0.1, -0.05) is 34.1 Å². The maximum atomic E-state index is 12.7. The second-order valence-electron chi connectivity index (χ2n) is 6.49. The molecule has 0 radical (unpaired) electrons. The standard InChI is InChI=1S/C24H23BrN2O4/c1-3-30-21-15-20(27-24(29)17-10-12-18(25)13-11-17)22(31-4-2)14-19(21)26-23(28)16-8-6-5-7-9-16/h5-15H,3-4H2,1-2H3,(H,26,28)(H,27,29). The summed E-state index contributed by atoms with van der Waals surface area (Å²) in [5, 5.41) is 5.74. The molecule has 7 heteroatoms. The molecule has 0 saturated heterocycles. The number of carbonyl (C=O) groups excluding carboxylic acids is 2. The summed E-state index contributed by atoms with van der Waals surface area (Å²) in [5.41, 5.74) is 1.94. The highest BCUT2D eigenvalue weighted by Crippen LogP contribution is 2.37. The van der Waals surface area contributed by atoms with E-state index in [1.54, 1.807) is 60.7 Å². The molecule has 0 aromatic heterocycles. The lowest BCUT2D eigenvalue weighted by Crippen LogP contribution is -2.15. The van der Waals surface area contributed by atoms with Gasteiger partial charge in [0.1, 0.15) is 11.5 Å². The first-order valence-corrected chi connectivity index (χ1v) is 10.7. The average Bonchev–Trinajstić information content (AvgIpc) is 2.77. The topological polar surface area (TPSA) is 76.7 Å². The van der Waals surface area contributed by atoms with Crippen molar-refractivity contribution >= 4 is 39.1 Å². The van der Waals surface area contributed by atoms with Crippen LogP contribution in [0.25, 0.3) is 0 Å². The Morgan fingerprint density at radius 1 is 0.742 bits per heavy atom. The predicted molar refractivity (Wildman–Crippen MR) is 125 cm³/mol. The number of halogens is 1. The second-order valence-corrected chi connectivity index (χ2v) is 7.41. The predicted octanol–water partition coefficient (Wildman–Crippen LogP) is 5.75. The van der Waals surface area contributed by atoms with Crippen molar-refractivity contribution in [1.82, 2.24) is 0 Å². The molecule has 0 atom stereocenters. The molecule has 0 spiro atoms. The number of rotatable bonds is 8. The minimum absolute atomic E-state index is 0.268. The quantitative estimate of drug-likeness (QED) is 0.428. The Balaban J connectivity index is 1.92. The normalized spacial score (nSPS) is 10.3. The Labute approximate surface area is 189 Å². The number of benzene rings is 3. The van der Waals surface area contributed by atoms with Gasteiger partial charge in [0.05, 0.1) is 24.6 Å². The van der Waals surface area contributed by atoms with Crippen molar-refractivity contribution < 1.29 is 19.1 Å². The van der Waals surface area contributed by atoms with Gasteiger partial charge in [0, 0.05) is 27.7 Å². The highest BCUT2D eigenvalue weighted by atomic mass is 79.9. The minimum atomic E-state index is -0.281. The molecule has 0 heterocycles. The van der Waals surface area contributed by atoms with Crippen molar-refractivity contribution in [1.29, 1.82) is 0 Å². The van der Waals surface area contributed by atoms with Crippen LogP contribution in [-0.2, 0) is 0 Å². The average molecular weight is 483 g/mol. The summed E-state index contributed by atoms with van der Waals surface area (Å²) in [7, 11) is 0. The number of hydrogen-bond donors (Lipinski definition) is 2. The van der Waals surface area contributed by atoms with Crippen LogP contribution in [0.2, 0.25) is 0 Å². The molecule has 0 fully saturated rings. The van der Waals surface area contributed by atoms with E-state index in [1.165, 1.54) is 0 Å². The van der Waals surface area contributed by atoms with E-state index in [0.717, 1.165) is 4.47 Å². The molecule has 3 rings (SSSR count). The highest BCUT2D eigenvalue weighted by Gasteiger charge is 2.17. The Morgan fingerprint density at radius 2 is 1.19 bits per heavy atom. The van der Waals surface area contributed by atoms with Crippen LogP contribution >= 0.6 is 15.9 Å². The molecule has 0 saturated carbocycles. The molecule has 3 aromatic carbocycles. The smallest absolute Gasteiger partial charge is 0.255 e. The fraction of sp³-hybridized carbons (Fsp3) is 0.167. The molecule has 0 aliphatic heterocycles. The SMILES string of the molecule is CCOc1cc(NC(=O)c2ccc(Br)cc2)c(OCC)cc1NC(=O)c1ccccc1. The van der Waals surface area contributed by atoms with Gasteiger partial charge >= 0.3 is 0 Å². The lowest BCUT2D eigenvalue weighted by Gasteiger charge is -2.18. The van der Waals surface area contributed by atoms with Crippen molar-refractivity contribution in [2.45, 2.75) is 13.8 Å². The first-order chi connectivity index (χ1) is 15.0. The molecule has 2 amide bonds. The van der Waals surface area contributed by atoms with Gasteiger partial charge in [-0.2, -0.15) is 0 Å². The Kier molecular flexibility index (Phi) is 7.67. The maximum Gasteiger partial charge on any atom is 0.255 e. The summed E-state index contributed by atoms with van der Waals surface area (Å²) < 4.78 is 12.3. The van der Waals surface area contributed by atoms with Gasteiger partial charge in [-0.25, -0.2) is 0 Å². The van der Waals surface area contributed by atoms with E-state index >= 15 is 0 Å². The van der Waals surface area contributed by atoms with Crippen LogP contribution < -0.4 is 20.1 Å². The van der Waals surface area contributed by atoms with Crippen LogP contribution in [0.4, 0.5) is 11.4 Å². The van der Waals surface area contributed by atoms with Gasteiger partial charge in [-0.3, -0.25) is 9.59 Å². The maximum absolute atomic E-state index is 12.7. The number of amides is 2. The third-order valence-electron chi connectivity index (χ3n) is 4.32. The Morgan fingerprint density at radius 3 is 1.65 bits per heavy atom. The fourth-order valence-corrected chi connectivity index (χ4v) is 3.15. The molecule has 0 unspecified atom stereocenters. The summed E-state index contributed by atoms with van der Waals surface area (Å²) in [5.74, 6) is 0.314. The van der Waals surface area contributed by atoms with Crippen LogP contribution in [0.5, 0.6) is 11.5 Å². The van der Waals surface area contributed by atoms with Gasteiger partial charge in [0.15, 0.2) is 0 Å². The monoisotopic (exact) mass is 482 g/mol. The largest absolute Gasteiger partial charge is 0.492 e. The molecule has 0 bridgehead atoms. The van der Waals surface area contributed by atoms with Crippen LogP contribution in [0.3, 0.4) is 0 Å². The van der Waals surface area contributed by atoms with E-state index in [4.69, 9.17) is 9.47 Å². The van der Waals surface area contributed by atoms with E-state index in [1.807, 2.05) is 19.9 Å². The molecule has 3 aromatic rings. The Bertz CT molecular complexity index is 1050. The van der Waals surface area contributed by atoms with Crippen LogP contribution in [0, 0.1) is 0 Å². The van der Waals surface area contributed by atoms with Crippen molar-refractivity contribution in [3.05, 3.63) is 82.3 Å². The molecular formula is C24H23BrN2O4. The van der Waals surface area contributed by atoms with Gasteiger partial charge < -0.3 is 20.1 Å². The van der Waals surface area contributed by atoms with Crippen LogP contribution in [0.1, 0.15) is 34.6 Å².